The van der Waals surface area contributed by atoms with E-state index in [-0.39, 0.29) is 11.6 Å². The van der Waals surface area contributed by atoms with Gasteiger partial charge in [0.1, 0.15) is 17.4 Å². The highest BCUT2D eigenvalue weighted by molar-refractivity contribution is 7.14. The van der Waals surface area contributed by atoms with Crippen LogP contribution < -0.4 is 10.1 Å². The van der Waals surface area contributed by atoms with Crippen molar-refractivity contribution in [2.45, 2.75) is 33.7 Å². The molecule has 1 unspecified atom stereocenters. The third-order valence-corrected chi connectivity index (χ3v) is 6.15. The fraction of sp³-hybridized carbons (Fsp3) is 0.320. The minimum atomic E-state index is -0.496. The minimum absolute atomic E-state index is 0.0135. The summed E-state index contributed by atoms with van der Waals surface area (Å²) in [5.74, 6) is 0.212. The largest absolute Gasteiger partial charge is 0.496 e. The Hall–Kier alpha value is -3.41. The molecule has 0 saturated carbocycles. The molecule has 3 aromatic rings. The number of carbonyl (C=O) groups is 1. The normalized spacial score (nSPS) is 12.3. The molecule has 0 saturated heterocycles. The topological polar surface area (TPSA) is 89.2 Å². The summed E-state index contributed by atoms with van der Waals surface area (Å²) in [6, 6.07) is 9.97. The summed E-state index contributed by atoms with van der Waals surface area (Å²) in [6.45, 7) is 8.61. The summed E-state index contributed by atoms with van der Waals surface area (Å²) in [7, 11) is 3.28. The third-order valence-electron chi connectivity index (χ3n) is 5.39. The molecule has 1 aromatic carbocycles. The molecule has 0 aliphatic heterocycles. The maximum absolute atomic E-state index is 12.8. The smallest absolute Gasteiger partial charge is 0.268 e. The van der Waals surface area contributed by atoms with E-state index in [0.717, 1.165) is 28.1 Å². The maximum atomic E-state index is 12.8. The number of benzene rings is 1. The lowest BCUT2D eigenvalue weighted by Crippen LogP contribution is -2.14. The number of methoxy groups -OCH3 is 2. The highest BCUT2D eigenvalue weighted by Gasteiger charge is 2.17. The van der Waals surface area contributed by atoms with E-state index in [2.05, 4.69) is 21.8 Å². The van der Waals surface area contributed by atoms with Crippen LogP contribution in [-0.2, 0) is 9.53 Å². The van der Waals surface area contributed by atoms with Crippen molar-refractivity contribution in [3.05, 3.63) is 57.7 Å². The van der Waals surface area contributed by atoms with E-state index in [1.807, 2.05) is 56.5 Å². The Labute approximate surface area is 198 Å². The van der Waals surface area contributed by atoms with Crippen LogP contribution in [0.2, 0.25) is 0 Å². The standard InChI is InChI=1S/C25H28N4O3S/c1-15-7-8-23(32-6)21(9-15)22-14-33-25(27-22)28-24(30)20(12-26)11-19-10-16(2)29(18(19)4)17(3)13-31-5/h7-11,14,17H,13H2,1-6H3,(H,27,28,30)/b20-11+. The van der Waals surface area contributed by atoms with E-state index >= 15 is 0 Å². The van der Waals surface area contributed by atoms with Gasteiger partial charge in [0.15, 0.2) is 5.13 Å². The van der Waals surface area contributed by atoms with Crippen molar-refractivity contribution in [1.29, 1.82) is 5.26 Å². The van der Waals surface area contributed by atoms with Crippen LogP contribution in [0.4, 0.5) is 5.13 Å². The zero-order chi connectivity index (χ0) is 24.1. The quantitative estimate of drug-likeness (QED) is 0.361. The molecule has 0 spiro atoms. The number of thiazole rings is 1. The number of aryl methyl sites for hydroxylation is 2. The Kier molecular flexibility index (Phi) is 7.69. The molecule has 172 valence electrons. The van der Waals surface area contributed by atoms with Gasteiger partial charge in [0.2, 0.25) is 0 Å². The first-order valence-electron chi connectivity index (χ1n) is 10.5. The molecular weight excluding hydrogens is 436 g/mol. The van der Waals surface area contributed by atoms with Crippen LogP contribution >= 0.6 is 11.3 Å². The van der Waals surface area contributed by atoms with E-state index in [0.29, 0.717) is 23.2 Å². The van der Waals surface area contributed by atoms with E-state index < -0.39 is 5.91 Å². The summed E-state index contributed by atoms with van der Waals surface area (Å²) in [5, 5.41) is 14.7. The van der Waals surface area contributed by atoms with Crippen molar-refractivity contribution in [1.82, 2.24) is 9.55 Å². The van der Waals surface area contributed by atoms with Crippen molar-refractivity contribution in [3.8, 4) is 23.1 Å². The van der Waals surface area contributed by atoms with Crippen LogP contribution in [0.15, 0.2) is 35.2 Å². The number of nitrogens with zero attached hydrogens (tertiary/aromatic N) is 3. The van der Waals surface area contributed by atoms with Gasteiger partial charge >= 0.3 is 0 Å². The van der Waals surface area contributed by atoms with Gasteiger partial charge in [-0.15, -0.1) is 11.3 Å². The minimum Gasteiger partial charge on any atom is -0.496 e. The number of ether oxygens (including phenoxy) is 2. The van der Waals surface area contributed by atoms with Gasteiger partial charge in [-0.25, -0.2) is 4.98 Å². The first-order chi connectivity index (χ1) is 15.8. The van der Waals surface area contributed by atoms with E-state index in [9.17, 15) is 10.1 Å². The Balaban J connectivity index is 1.84. The number of hydrogen-bond acceptors (Lipinski definition) is 6. The monoisotopic (exact) mass is 464 g/mol. The maximum Gasteiger partial charge on any atom is 0.268 e. The van der Waals surface area contributed by atoms with Crippen LogP contribution in [0.1, 0.15) is 35.5 Å². The van der Waals surface area contributed by atoms with Gasteiger partial charge in [-0.1, -0.05) is 11.6 Å². The highest BCUT2D eigenvalue weighted by Crippen LogP contribution is 2.33. The molecular formula is C25H28N4O3S. The number of hydrogen-bond donors (Lipinski definition) is 1. The van der Waals surface area contributed by atoms with Gasteiger partial charge in [0, 0.05) is 29.4 Å². The molecule has 0 aliphatic rings. The SMILES string of the molecule is COCC(C)n1c(C)cc(/C=C(\C#N)C(=O)Nc2nc(-c3cc(C)ccc3OC)cs2)c1C. The van der Waals surface area contributed by atoms with Crippen LogP contribution in [-0.4, -0.2) is 36.3 Å². The van der Waals surface area contributed by atoms with E-state index in [4.69, 9.17) is 9.47 Å². The molecule has 7 nitrogen and oxygen atoms in total. The zero-order valence-electron chi connectivity index (χ0n) is 19.7. The molecule has 8 heteroatoms. The highest BCUT2D eigenvalue weighted by atomic mass is 32.1. The van der Waals surface area contributed by atoms with E-state index in [1.54, 1.807) is 20.3 Å². The van der Waals surface area contributed by atoms with Gasteiger partial charge < -0.3 is 14.0 Å². The lowest BCUT2D eigenvalue weighted by atomic mass is 10.1. The number of anilines is 1. The Morgan fingerprint density at radius 3 is 2.73 bits per heavy atom. The Morgan fingerprint density at radius 1 is 1.30 bits per heavy atom. The van der Waals surface area contributed by atoms with Crippen molar-refractivity contribution in [3.63, 3.8) is 0 Å². The third kappa shape index (κ3) is 5.33. The fourth-order valence-corrected chi connectivity index (χ4v) is 4.59. The molecule has 33 heavy (non-hydrogen) atoms. The predicted molar refractivity (Wildman–Crippen MR) is 132 cm³/mol. The molecule has 3 rings (SSSR count). The Bertz CT molecular complexity index is 1230. The molecule has 2 heterocycles. The Morgan fingerprint density at radius 2 is 2.06 bits per heavy atom. The zero-order valence-corrected chi connectivity index (χ0v) is 20.5. The average molecular weight is 465 g/mol. The number of aromatic nitrogens is 2. The second-order valence-corrected chi connectivity index (χ2v) is 8.72. The second-order valence-electron chi connectivity index (χ2n) is 7.87. The molecule has 2 aromatic heterocycles. The number of carbonyl (C=O) groups excluding carboxylic acids is 1. The number of nitrogens with one attached hydrogen (secondary N) is 1. The summed E-state index contributed by atoms with van der Waals surface area (Å²) in [5.41, 5.74) is 5.48. The van der Waals surface area contributed by atoms with E-state index in [1.165, 1.54) is 11.3 Å². The van der Waals surface area contributed by atoms with Gasteiger partial charge in [0.05, 0.1) is 25.5 Å². The summed E-state index contributed by atoms with van der Waals surface area (Å²) in [4.78, 5) is 17.3. The van der Waals surface area contributed by atoms with Crippen molar-refractivity contribution >= 4 is 28.5 Å². The van der Waals surface area contributed by atoms with Crippen molar-refractivity contribution < 1.29 is 14.3 Å². The summed E-state index contributed by atoms with van der Waals surface area (Å²) in [6.07, 6.45) is 1.62. The average Bonchev–Trinajstić information content (AvgIpc) is 3.35. The lowest BCUT2D eigenvalue weighted by molar-refractivity contribution is -0.112. The van der Waals surface area contributed by atoms with Crippen LogP contribution in [0, 0.1) is 32.1 Å². The molecule has 1 amide bonds. The number of rotatable bonds is 8. The first-order valence-corrected chi connectivity index (χ1v) is 11.4. The first kappa shape index (κ1) is 24.2. The number of amides is 1. The van der Waals surface area contributed by atoms with Gasteiger partial charge in [-0.2, -0.15) is 5.26 Å². The predicted octanol–water partition coefficient (Wildman–Crippen LogP) is 5.30. The molecule has 0 radical (unpaired) electrons. The molecule has 1 N–H and O–H groups in total. The molecule has 0 aliphatic carbocycles. The van der Waals surface area contributed by atoms with Gasteiger partial charge in [-0.05, 0) is 57.5 Å². The van der Waals surface area contributed by atoms with Crippen LogP contribution in [0.5, 0.6) is 5.75 Å². The summed E-state index contributed by atoms with van der Waals surface area (Å²) < 4.78 is 12.9. The second kappa shape index (κ2) is 10.5. The fourth-order valence-electron chi connectivity index (χ4n) is 3.89. The van der Waals surface area contributed by atoms with Gasteiger partial charge in [-0.3, -0.25) is 10.1 Å². The van der Waals surface area contributed by atoms with Crippen LogP contribution in [0.25, 0.3) is 17.3 Å². The lowest BCUT2D eigenvalue weighted by Gasteiger charge is -2.17. The molecule has 0 bridgehead atoms. The molecule has 0 fully saturated rings. The number of nitriles is 1. The van der Waals surface area contributed by atoms with Crippen molar-refractivity contribution in [2.24, 2.45) is 0 Å². The van der Waals surface area contributed by atoms with Crippen molar-refractivity contribution in [2.75, 3.05) is 26.1 Å². The molecule has 1 atom stereocenters. The van der Waals surface area contributed by atoms with Gasteiger partial charge in [0.25, 0.3) is 5.91 Å². The van der Waals surface area contributed by atoms with Crippen LogP contribution in [0.3, 0.4) is 0 Å². The summed E-state index contributed by atoms with van der Waals surface area (Å²) >= 11 is 1.30.